The summed E-state index contributed by atoms with van der Waals surface area (Å²) in [5, 5.41) is 4.06. The highest BCUT2D eigenvalue weighted by Gasteiger charge is 2.12. The summed E-state index contributed by atoms with van der Waals surface area (Å²) in [6.07, 6.45) is 6.11. The molecule has 4 aromatic heterocycles. The van der Waals surface area contributed by atoms with Crippen molar-refractivity contribution in [3.8, 4) is 10.6 Å². The van der Waals surface area contributed by atoms with Crippen molar-refractivity contribution < 1.29 is 8.42 Å². The summed E-state index contributed by atoms with van der Waals surface area (Å²) in [6, 6.07) is 5.71. The number of sulfonamides is 1. The minimum atomic E-state index is -3.16. The van der Waals surface area contributed by atoms with E-state index in [0.717, 1.165) is 32.4 Å². The van der Waals surface area contributed by atoms with E-state index in [9.17, 15) is 8.42 Å². The normalized spacial score (nSPS) is 12.1. The van der Waals surface area contributed by atoms with Gasteiger partial charge in [-0.15, -0.1) is 22.7 Å². The van der Waals surface area contributed by atoms with Crippen LogP contribution in [-0.2, 0) is 22.9 Å². The summed E-state index contributed by atoms with van der Waals surface area (Å²) < 4.78 is 26.6. The molecular weight excluding hydrogens is 471 g/mol. The van der Waals surface area contributed by atoms with Crippen molar-refractivity contribution in [3.05, 3.63) is 61.6 Å². The van der Waals surface area contributed by atoms with E-state index < -0.39 is 10.0 Å². The van der Waals surface area contributed by atoms with Crippen LogP contribution in [0.2, 0.25) is 10.0 Å². The van der Waals surface area contributed by atoms with Crippen molar-refractivity contribution in [1.29, 1.82) is 0 Å². The van der Waals surface area contributed by atoms with Gasteiger partial charge in [-0.1, -0.05) is 23.2 Å². The van der Waals surface area contributed by atoms with Crippen LogP contribution in [0.5, 0.6) is 0 Å². The Morgan fingerprint density at radius 1 is 1.21 bits per heavy atom. The quantitative estimate of drug-likeness (QED) is 0.416. The van der Waals surface area contributed by atoms with Gasteiger partial charge in [-0.05, 0) is 24.6 Å². The molecule has 0 aliphatic rings. The highest BCUT2D eigenvalue weighted by Crippen LogP contribution is 2.30. The van der Waals surface area contributed by atoms with Crippen molar-refractivity contribution in [1.82, 2.24) is 19.1 Å². The lowest BCUT2D eigenvalue weighted by molar-refractivity contribution is 0.588. The zero-order valence-electron chi connectivity index (χ0n) is 15.2. The molecule has 0 bridgehead atoms. The minimum absolute atomic E-state index is 0.390. The molecule has 0 aromatic carbocycles. The van der Waals surface area contributed by atoms with Gasteiger partial charge in [0.1, 0.15) is 0 Å². The Kier molecular flexibility index (Phi) is 5.97. The van der Waals surface area contributed by atoms with Crippen LogP contribution in [0.1, 0.15) is 15.6 Å². The van der Waals surface area contributed by atoms with Gasteiger partial charge < -0.3 is 4.40 Å². The molecule has 0 radical (unpaired) electrons. The van der Waals surface area contributed by atoms with E-state index in [-0.39, 0.29) is 0 Å². The highest BCUT2D eigenvalue weighted by atomic mass is 35.5. The predicted octanol–water partition coefficient (Wildman–Crippen LogP) is 4.51. The number of nitrogens with one attached hydrogen (secondary N) is 1. The zero-order chi connectivity index (χ0) is 20.6. The molecule has 6 nitrogen and oxygen atoms in total. The second kappa shape index (κ2) is 8.33. The van der Waals surface area contributed by atoms with E-state index in [1.807, 2.05) is 28.1 Å². The van der Waals surface area contributed by atoms with E-state index in [0.29, 0.717) is 35.1 Å². The molecule has 11 heteroatoms. The average Bonchev–Trinajstić information content (AvgIpc) is 3.33. The van der Waals surface area contributed by atoms with Gasteiger partial charge in [0.25, 0.3) is 0 Å². The molecule has 4 rings (SSSR count). The van der Waals surface area contributed by atoms with E-state index >= 15 is 0 Å². The molecule has 0 aliphatic carbocycles. The number of imidazole rings is 1. The largest absolute Gasteiger partial charge is 0.304 e. The van der Waals surface area contributed by atoms with Gasteiger partial charge in [-0.25, -0.2) is 23.1 Å². The molecule has 1 N–H and O–H groups in total. The third kappa shape index (κ3) is 5.17. The van der Waals surface area contributed by atoms with Crippen LogP contribution in [0.4, 0.5) is 0 Å². The number of halogens is 2. The maximum atomic E-state index is 11.2. The van der Waals surface area contributed by atoms with E-state index in [1.165, 1.54) is 0 Å². The SMILES string of the molecule is CS(=O)(=O)NCCc1ccc(-c2csc(Cc3cn4cc(Cl)cc(Cl)c4n3)n2)s1. The number of nitrogens with zero attached hydrogens (tertiary/aromatic N) is 3. The Labute approximate surface area is 186 Å². The van der Waals surface area contributed by atoms with Crippen LogP contribution in [0.25, 0.3) is 16.2 Å². The molecule has 0 atom stereocenters. The fourth-order valence-electron chi connectivity index (χ4n) is 2.83. The molecule has 4 aromatic rings. The molecule has 0 saturated heterocycles. The molecule has 0 spiro atoms. The lowest BCUT2D eigenvalue weighted by Crippen LogP contribution is -2.23. The summed E-state index contributed by atoms with van der Waals surface area (Å²) in [5.41, 5.74) is 2.46. The van der Waals surface area contributed by atoms with Crippen molar-refractivity contribution in [2.45, 2.75) is 12.8 Å². The lowest BCUT2D eigenvalue weighted by Gasteiger charge is -1.99. The summed E-state index contributed by atoms with van der Waals surface area (Å²) in [4.78, 5) is 11.5. The second-order valence-electron chi connectivity index (χ2n) is 6.46. The van der Waals surface area contributed by atoms with E-state index in [2.05, 4.69) is 9.71 Å². The van der Waals surface area contributed by atoms with Crippen LogP contribution >= 0.6 is 45.9 Å². The molecule has 152 valence electrons. The first kappa shape index (κ1) is 20.8. The molecule has 29 heavy (non-hydrogen) atoms. The van der Waals surface area contributed by atoms with Gasteiger partial charge in [0, 0.05) is 35.6 Å². The molecule has 0 fully saturated rings. The molecule has 0 unspecified atom stereocenters. The van der Waals surface area contributed by atoms with Crippen LogP contribution in [0.3, 0.4) is 0 Å². The first-order valence-corrected chi connectivity index (χ1v) is 12.9. The van der Waals surface area contributed by atoms with Crippen molar-refractivity contribution in [3.63, 3.8) is 0 Å². The van der Waals surface area contributed by atoms with Crippen LogP contribution in [-0.4, -0.2) is 35.6 Å². The van der Waals surface area contributed by atoms with Crippen LogP contribution < -0.4 is 4.72 Å². The monoisotopic (exact) mass is 486 g/mol. The van der Waals surface area contributed by atoms with Crippen molar-refractivity contribution in [2.75, 3.05) is 12.8 Å². The van der Waals surface area contributed by atoms with Crippen LogP contribution in [0.15, 0.2) is 36.0 Å². The van der Waals surface area contributed by atoms with Gasteiger partial charge >= 0.3 is 0 Å². The van der Waals surface area contributed by atoms with Crippen molar-refractivity contribution in [2.24, 2.45) is 0 Å². The van der Waals surface area contributed by atoms with Gasteiger partial charge in [0.15, 0.2) is 5.65 Å². The molecule has 0 amide bonds. The van der Waals surface area contributed by atoms with E-state index in [4.69, 9.17) is 28.2 Å². The Hall–Kier alpha value is -1.49. The number of hydrogen-bond donors (Lipinski definition) is 1. The Morgan fingerprint density at radius 2 is 2.03 bits per heavy atom. The predicted molar refractivity (Wildman–Crippen MR) is 120 cm³/mol. The number of rotatable bonds is 7. The standard InChI is InChI=1S/C18H16Cl2N4O2S3/c1-29(25,26)21-5-4-13-2-3-16(28-13)15-10-27-17(23-15)7-12-9-24-8-11(19)6-14(20)18(24)22-12/h2-3,6,8-10,21H,4-5,7H2,1H3. The Bertz CT molecular complexity index is 1280. The summed E-state index contributed by atoms with van der Waals surface area (Å²) in [6.45, 7) is 0.390. The topological polar surface area (TPSA) is 76.4 Å². The number of thiazole rings is 1. The van der Waals surface area contributed by atoms with Crippen molar-refractivity contribution >= 4 is 61.5 Å². The molecule has 0 saturated carbocycles. The molecule has 4 heterocycles. The second-order valence-corrected chi connectivity index (χ2v) is 11.2. The highest BCUT2D eigenvalue weighted by molar-refractivity contribution is 7.88. The maximum Gasteiger partial charge on any atom is 0.208 e. The first-order valence-electron chi connectivity index (χ1n) is 8.57. The molecule has 0 aliphatic heterocycles. The summed E-state index contributed by atoms with van der Waals surface area (Å²) in [5.74, 6) is 0. The van der Waals surface area contributed by atoms with Gasteiger partial charge in [-0.2, -0.15) is 0 Å². The maximum absolute atomic E-state index is 11.2. The third-order valence-corrected chi connectivity index (χ3v) is 7.29. The van der Waals surface area contributed by atoms with Gasteiger partial charge in [-0.3, -0.25) is 0 Å². The zero-order valence-corrected chi connectivity index (χ0v) is 19.2. The van der Waals surface area contributed by atoms with Gasteiger partial charge in [0.2, 0.25) is 10.0 Å². The number of hydrogen-bond acceptors (Lipinski definition) is 6. The number of thiophene rings is 1. The first-order chi connectivity index (χ1) is 13.8. The summed E-state index contributed by atoms with van der Waals surface area (Å²) >= 11 is 15.5. The minimum Gasteiger partial charge on any atom is -0.304 e. The number of aromatic nitrogens is 3. The Balaban J connectivity index is 1.46. The summed E-state index contributed by atoms with van der Waals surface area (Å²) in [7, 11) is -3.16. The smallest absolute Gasteiger partial charge is 0.208 e. The fraction of sp³-hybridized carbons (Fsp3) is 0.222. The average molecular weight is 487 g/mol. The third-order valence-electron chi connectivity index (χ3n) is 4.06. The Morgan fingerprint density at radius 3 is 2.83 bits per heavy atom. The lowest BCUT2D eigenvalue weighted by atomic mass is 10.3. The number of fused-ring (bicyclic) bond motifs is 1. The number of pyridine rings is 1. The van der Waals surface area contributed by atoms with Crippen LogP contribution in [0, 0.1) is 0 Å². The fourth-order valence-corrected chi connectivity index (χ4v) is 5.68. The van der Waals surface area contributed by atoms with Gasteiger partial charge in [0.05, 0.1) is 37.6 Å². The van der Waals surface area contributed by atoms with E-state index in [1.54, 1.807) is 34.9 Å². The molecular formula is C18H16Cl2N4O2S3.